The van der Waals surface area contributed by atoms with E-state index in [1.807, 2.05) is 0 Å². The molecule has 0 aromatic rings. The third-order valence-corrected chi connectivity index (χ3v) is 3.79. The highest BCUT2D eigenvalue weighted by atomic mass is 35.5. The van der Waals surface area contributed by atoms with E-state index in [4.69, 9.17) is 0 Å². The summed E-state index contributed by atoms with van der Waals surface area (Å²) in [5, 5.41) is 6.44. The molecule has 1 aliphatic carbocycles. The molecule has 94 valence electrons. The van der Waals surface area contributed by atoms with Crippen molar-refractivity contribution in [2.75, 3.05) is 13.1 Å². The Morgan fingerprint density at radius 2 is 1.88 bits per heavy atom. The van der Waals surface area contributed by atoms with Crippen LogP contribution in [0.4, 0.5) is 0 Å². The van der Waals surface area contributed by atoms with E-state index in [0.29, 0.717) is 6.04 Å². The van der Waals surface area contributed by atoms with Gasteiger partial charge >= 0.3 is 0 Å². The van der Waals surface area contributed by atoms with E-state index in [9.17, 15) is 4.79 Å². The number of nitrogens with one attached hydrogen (secondary N) is 2. The Balaban J connectivity index is 0.00000128. The van der Waals surface area contributed by atoms with Gasteiger partial charge in [0.15, 0.2) is 0 Å². The second-order valence-electron chi connectivity index (χ2n) is 5.16. The van der Waals surface area contributed by atoms with Crippen LogP contribution in [-0.2, 0) is 4.79 Å². The van der Waals surface area contributed by atoms with Crippen LogP contribution in [0.1, 0.15) is 39.0 Å². The number of hydrogen-bond donors (Lipinski definition) is 2. The number of amides is 1. The Hall–Kier alpha value is -0.280. The maximum Gasteiger partial charge on any atom is 0.224 e. The van der Waals surface area contributed by atoms with Crippen molar-refractivity contribution in [3.8, 4) is 0 Å². The molecule has 0 bridgehead atoms. The van der Waals surface area contributed by atoms with Crippen molar-refractivity contribution in [2.45, 2.75) is 45.1 Å². The average Bonchev–Trinajstić information content (AvgIpc) is 2.74. The topological polar surface area (TPSA) is 41.1 Å². The standard InChI is InChI=1S/C12H22N2O.ClH/c1-9-2-4-11(5-3-9)14-12(15)10-6-7-13-8-10;/h9-11,13H,2-8H2,1H3,(H,14,15);1H/t9?,10-,11?;/m1./s1. The predicted octanol–water partition coefficient (Wildman–Crippen LogP) is 1.71. The van der Waals surface area contributed by atoms with Gasteiger partial charge in [-0.25, -0.2) is 0 Å². The molecule has 0 radical (unpaired) electrons. The fourth-order valence-corrected chi connectivity index (χ4v) is 2.60. The second-order valence-corrected chi connectivity index (χ2v) is 5.16. The minimum absolute atomic E-state index is 0. The van der Waals surface area contributed by atoms with Crippen molar-refractivity contribution in [2.24, 2.45) is 11.8 Å². The molecule has 0 spiro atoms. The highest BCUT2D eigenvalue weighted by Gasteiger charge is 2.26. The number of hydrogen-bond acceptors (Lipinski definition) is 2. The Bertz CT molecular complexity index is 221. The molecule has 0 aromatic carbocycles. The highest BCUT2D eigenvalue weighted by molar-refractivity contribution is 5.85. The van der Waals surface area contributed by atoms with Crippen molar-refractivity contribution in [3.63, 3.8) is 0 Å². The lowest BCUT2D eigenvalue weighted by molar-refractivity contribution is -0.125. The zero-order valence-corrected chi connectivity index (χ0v) is 10.8. The molecule has 1 saturated heterocycles. The minimum atomic E-state index is 0. The van der Waals surface area contributed by atoms with Gasteiger partial charge in [0.2, 0.25) is 5.91 Å². The fourth-order valence-electron chi connectivity index (χ4n) is 2.60. The van der Waals surface area contributed by atoms with Gasteiger partial charge in [-0.15, -0.1) is 12.4 Å². The molecule has 16 heavy (non-hydrogen) atoms. The van der Waals surface area contributed by atoms with E-state index in [0.717, 1.165) is 25.4 Å². The van der Waals surface area contributed by atoms with Gasteiger partial charge < -0.3 is 10.6 Å². The summed E-state index contributed by atoms with van der Waals surface area (Å²) >= 11 is 0. The van der Waals surface area contributed by atoms with Crippen molar-refractivity contribution >= 4 is 18.3 Å². The first-order chi connectivity index (χ1) is 7.25. The molecule has 2 N–H and O–H groups in total. The lowest BCUT2D eigenvalue weighted by Gasteiger charge is -2.27. The van der Waals surface area contributed by atoms with E-state index in [1.54, 1.807) is 0 Å². The lowest BCUT2D eigenvalue weighted by Crippen LogP contribution is -2.41. The van der Waals surface area contributed by atoms with Crippen LogP contribution in [0, 0.1) is 11.8 Å². The molecule has 1 heterocycles. The maximum atomic E-state index is 11.8. The fraction of sp³-hybridized carbons (Fsp3) is 0.917. The third kappa shape index (κ3) is 3.63. The number of carbonyl (C=O) groups excluding carboxylic acids is 1. The Labute approximate surface area is 104 Å². The van der Waals surface area contributed by atoms with Crippen LogP contribution in [0.15, 0.2) is 0 Å². The van der Waals surface area contributed by atoms with Gasteiger partial charge in [-0.1, -0.05) is 6.92 Å². The zero-order chi connectivity index (χ0) is 10.7. The smallest absolute Gasteiger partial charge is 0.224 e. The lowest BCUT2D eigenvalue weighted by atomic mass is 9.87. The number of rotatable bonds is 2. The van der Waals surface area contributed by atoms with Gasteiger partial charge in [-0.05, 0) is 44.6 Å². The van der Waals surface area contributed by atoms with Crippen molar-refractivity contribution in [3.05, 3.63) is 0 Å². The first kappa shape index (κ1) is 13.8. The summed E-state index contributed by atoms with van der Waals surface area (Å²) in [4.78, 5) is 11.8. The molecule has 1 atom stereocenters. The van der Waals surface area contributed by atoms with E-state index in [-0.39, 0.29) is 24.2 Å². The van der Waals surface area contributed by atoms with Gasteiger partial charge in [0, 0.05) is 12.6 Å². The molecule has 4 heteroatoms. The molecule has 0 aromatic heterocycles. The molecule has 1 amide bonds. The summed E-state index contributed by atoms with van der Waals surface area (Å²) in [5.74, 6) is 1.36. The Morgan fingerprint density at radius 1 is 1.19 bits per heavy atom. The summed E-state index contributed by atoms with van der Waals surface area (Å²) in [7, 11) is 0. The molecule has 0 unspecified atom stereocenters. The minimum Gasteiger partial charge on any atom is -0.353 e. The normalized spacial score (nSPS) is 34.2. The van der Waals surface area contributed by atoms with Crippen molar-refractivity contribution in [1.29, 1.82) is 0 Å². The van der Waals surface area contributed by atoms with Crippen LogP contribution in [-0.4, -0.2) is 25.0 Å². The van der Waals surface area contributed by atoms with Gasteiger partial charge in [0.1, 0.15) is 0 Å². The van der Waals surface area contributed by atoms with Gasteiger partial charge in [-0.2, -0.15) is 0 Å². The van der Waals surface area contributed by atoms with E-state index >= 15 is 0 Å². The highest BCUT2D eigenvalue weighted by Crippen LogP contribution is 2.23. The quantitative estimate of drug-likeness (QED) is 0.779. The summed E-state index contributed by atoms with van der Waals surface area (Å²) in [6.07, 6.45) is 5.90. The predicted molar refractivity (Wildman–Crippen MR) is 67.8 cm³/mol. The molecule has 2 rings (SSSR count). The third-order valence-electron chi connectivity index (χ3n) is 3.79. The molecule has 2 fully saturated rings. The van der Waals surface area contributed by atoms with Crippen LogP contribution >= 0.6 is 12.4 Å². The largest absolute Gasteiger partial charge is 0.353 e. The van der Waals surface area contributed by atoms with E-state index < -0.39 is 0 Å². The van der Waals surface area contributed by atoms with Crippen molar-refractivity contribution < 1.29 is 4.79 Å². The van der Waals surface area contributed by atoms with Crippen LogP contribution in [0.5, 0.6) is 0 Å². The Kier molecular flexibility index (Phi) is 5.56. The molecule has 1 saturated carbocycles. The molecular weight excluding hydrogens is 224 g/mol. The first-order valence-corrected chi connectivity index (χ1v) is 6.27. The second kappa shape index (κ2) is 6.45. The van der Waals surface area contributed by atoms with Gasteiger partial charge in [-0.3, -0.25) is 4.79 Å². The summed E-state index contributed by atoms with van der Waals surface area (Å²) in [6.45, 7) is 4.17. The van der Waals surface area contributed by atoms with E-state index in [1.165, 1.54) is 25.7 Å². The monoisotopic (exact) mass is 246 g/mol. The van der Waals surface area contributed by atoms with Crippen LogP contribution in [0.2, 0.25) is 0 Å². The SMILES string of the molecule is CC1CCC(NC(=O)[C@@H]2CCNC2)CC1.Cl. The molecule has 1 aliphatic heterocycles. The maximum absolute atomic E-state index is 11.8. The average molecular weight is 247 g/mol. The zero-order valence-electron chi connectivity index (χ0n) is 10.00. The van der Waals surface area contributed by atoms with Gasteiger partial charge in [0.25, 0.3) is 0 Å². The summed E-state index contributed by atoms with van der Waals surface area (Å²) < 4.78 is 0. The summed E-state index contributed by atoms with van der Waals surface area (Å²) in [6, 6.07) is 0.453. The molecular formula is C12H23ClN2O. The first-order valence-electron chi connectivity index (χ1n) is 6.27. The van der Waals surface area contributed by atoms with Gasteiger partial charge in [0.05, 0.1) is 5.92 Å². The number of halogens is 1. The summed E-state index contributed by atoms with van der Waals surface area (Å²) in [5.41, 5.74) is 0. The molecule has 3 nitrogen and oxygen atoms in total. The van der Waals surface area contributed by atoms with E-state index in [2.05, 4.69) is 17.6 Å². The Morgan fingerprint density at radius 3 is 2.44 bits per heavy atom. The molecule has 2 aliphatic rings. The van der Waals surface area contributed by atoms with Crippen LogP contribution < -0.4 is 10.6 Å². The van der Waals surface area contributed by atoms with Crippen LogP contribution in [0.3, 0.4) is 0 Å². The van der Waals surface area contributed by atoms with Crippen LogP contribution in [0.25, 0.3) is 0 Å². The van der Waals surface area contributed by atoms with Crippen molar-refractivity contribution in [1.82, 2.24) is 10.6 Å². The number of carbonyl (C=O) groups is 1.